The Balaban J connectivity index is 2.02. The van der Waals surface area contributed by atoms with Crippen molar-refractivity contribution in [2.24, 2.45) is 5.73 Å². The molecule has 1 fully saturated rings. The summed E-state index contributed by atoms with van der Waals surface area (Å²) < 4.78 is 0. The molecule has 3 nitrogen and oxygen atoms in total. The van der Waals surface area contributed by atoms with Crippen LogP contribution in [0.1, 0.15) is 18.4 Å². The Kier molecular flexibility index (Phi) is 4.02. The van der Waals surface area contributed by atoms with Gasteiger partial charge >= 0.3 is 0 Å². The first-order chi connectivity index (χ1) is 8.20. The maximum absolute atomic E-state index is 5.68. The lowest BCUT2D eigenvalue weighted by Crippen LogP contribution is -2.44. The maximum atomic E-state index is 5.68. The molecule has 2 rings (SSSR count). The summed E-state index contributed by atoms with van der Waals surface area (Å²) in [6.45, 7) is 7.45. The third-order valence-corrected chi connectivity index (χ3v) is 3.68. The molecule has 17 heavy (non-hydrogen) atoms. The first-order valence-electron chi connectivity index (χ1n) is 6.44. The van der Waals surface area contributed by atoms with E-state index in [9.17, 15) is 0 Å². The molecule has 3 heteroatoms. The molecule has 1 saturated heterocycles. The van der Waals surface area contributed by atoms with Gasteiger partial charge in [-0.25, -0.2) is 0 Å². The molecule has 0 aliphatic carbocycles. The van der Waals surface area contributed by atoms with Crippen LogP contribution in [0.5, 0.6) is 0 Å². The lowest BCUT2D eigenvalue weighted by Gasteiger charge is -2.34. The molecule has 1 aromatic carbocycles. The van der Waals surface area contributed by atoms with Gasteiger partial charge in [-0.1, -0.05) is 19.1 Å². The largest absolute Gasteiger partial charge is 0.369 e. The van der Waals surface area contributed by atoms with Gasteiger partial charge in [0.25, 0.3) is 0 Å². The molecule has 0 bridgehead atoms. The fourth-order valence-electron chi connectivity index (χ4n) is 2.21. The second-order valence-corrected chi connectivity index (χ2v) is 5.02. The van der Waals surface area contributed by atoms with Gasteiger partial charge in [-0.3, -0.25) is 0 Å². The van der Waals surface area contributed by atoms with Crippen molar-refractivity contribution in [1.82, 2.24) is 4.90 Å². The van der Waals surface area contributed by atoms with E-state index >= 15 is 0 Å². The molecule has 0 aromatic heterocycles. The number of hydrogen-bond acceptors (Lipinski definition) is 3. The quantitative estimate of drug-likeness (QED) is 0.859. The molecule has 1 aromatic rings. The number of likely N-dealkylation sites (N-methyl/N-ethyl adjacent to an activating group) is 1. The Bertz CT molecular complexity index is 339. The summed E-state index contributed by atoms with van der Waals surface area (Å²) in [4.78, 5) is 4.83. The molecule has 1 aliphatic rings. The molecule has 0 saturated carbocycles. The predicted molar refractivity (Wildman–Crippen MR) is 73.6 cm³/mol. The van der Waals surface area contributed by atoms with E-state index < -0.39 is 0 Å². The highest BCUT2D eigenvalue weighted by molar-refractivity contribution is 5.48. The molecule has 0 amide bonds. The standard InChI is InChI=1S/C14H23N3/c1-12(11-15)13-3-5-14(6-4-13)17-9-7-16(2)8-10-17/h3-6,12H,7-11,15H2,1-2H3. The van der Waals surface area contributed by atoms with Crippen LogP contribution in [-0.4, -0.2) is 44.7 Å². The molecule has 0 radical (unpaired) electrons. The van der Waals surface area contributed by atoms with Crippen LogP contribution in [0.2, 0.25) is 0 Å². The van der Waals surface area contributed by atoms with E-state index in [0.717, 1.165) is 26.2 Å². The molecule has 1 heterocycles. The third kappa shape index (κ3) is 2.99. The first-order valence-corrected chi connectivity index (χ1v) is 6.44. The van der Waals surface area contributed by atoms with Gasteiger partial charge < -0.3 is 15.5 Å². The summed E-state index contributed by atoms with van der Waals surface area (Å²) in [5.74, 6) is 0.455. The van der Waals surface area contributed by atoms with Crippen molar-refractivity contribution in [1.29, 1.82) is 0 Å². The second kappa shape index (κ2) is 5.52. The lowest BCUT2D eigenvalue weighted by molar-refractivity contribution is 0.313. The monoisotopic (exact) mass is 233 g/mol. The van der Waals surface area contributed by atoms with E-state index in [1.54, 1.807) is 0 Å². The average Bonchev–Trinajstić information content (AvgIpc) is 2.39. The Morgan fingerprint density at radius 1 is 1.12 bits per heavy atom. The number of hydrogen-bond donors (Lipinski definition) is 1. The molecule has 1 aliphatic heterocycles. The normalized spacial score (nSPS) is 19.4. The van der Waals surface area contributed by atoms with Crippen LogP contribution in [0, 0.1) is 0 Å². The highest BCUT2D eigenvalue weighted by Crippen LogP contribution is 2.20. The lowest BCUT2D eigenvalue weighted by atomic mass is 10.0. The summed E-state index contributed by atoms with van der Waals surface area (Å²) in [5.41, 5.74) is 8.36. The Hall–Kier alpha value is -1.06. The van der Waals surface area contributed by atoms with Gasteiger partial charge in [0, 0.05) is 31.9 Å². The zero-order valence-corrected chi connectivity index (χ0v) is 10.9. The van der Waals surface area contributed by atoms with Crippen molar-refractivity contribution in [2.45, 2.75) is 12.8 Å². The van der Waals surface area contributed by atoms with Gasteiger partial charge in [-0.15, -0.1) is 0 Å². The minimum absolute atomic E-state index is 0.455. The fourth-order valence-corrected chi connectivity index (χ4v) is 2.21. The Morgan fingerprint density at radius 2 is 1.71 bits per heavy atom. The number of rotatable bonds is 3. The summed E-state index contributed by atoms with van der Waals surface area (Å²) in [7, 11) is 2.18. The van der Waals surface area contributed by atoms with E-state index in [0.29, 0.717) is 12.5 Å². The van der Waals surface area contributed by atoms with Gasteiger partial charge in [0.1, 0.15) is 0 Å². The van der Waals surface area contributed by atoms with Gasteiger partial charge in [0.05, 0.1) is 0 Å². The number of anilines is 1. The molecule has 0 spiro atoms. The topological polar surface area (TPSA) is 32.5 Å². The van der Waals surface area contributed by atoms with Crippen LogP contribution in [0.15, 0.2) is 24.3 Å². The third-order valence-electron chi connectivity index (χ3n) is 3.68. The molecule has 2 N–H and O–H groups in total. The second-order valence-electron chi connectivity index (χ2n) is 5.02. The summed E-state index contributed by atoms with van der Waals surface area (Å²) in [6, 6.07) is 8.88. The van der Waals surface area contributed by atoms with E-state index in [1.165, 1.54) is 11.3 Å². The first kappa shape index (κ1) is 12.4. The molecule has 1 atom stereocenters. The maximum Gasteiger partial charge on any atom is 0.0367 e. The minimum Gasteiger partial charge on any atom is -0.369 e. The molecule has 1 unspecified atom stereocenters. The van der Waals surface area contributed by atoms with Gasteiger partial charge in [-0.05, 0) is 37.2 Å². The number of benzene rings is 1. The summed E-state index contributed by atoms with van der Waals surface area (Å²) in [6.07, 6.45) is 0. The highest BCUT2D eigenvalue weighted by atomic mass is 15.2. The van der Waals surface area contributed by atoms with Gasteiger partial charge in [0.15, 0.2) is 0 Å². The van der Waals surface area contributed by atoms with E-state index in [1.807, 2.05) is 0 Å². The molecule has 94 valence electrons. The van der Waals surface area contributed by atoms with Crippen LogP contribution >= 0.6 is 0 Å². The van der Waals surface area contributed by atoms with Crippen molar-refractivity contribution >= 4 is 5.69 Å². The van der Waals surface area contributed by atoms with E-state index in [-0.39, 0.29) is 0 Å². The molecular formula is C14H23N3. The zero-order chi connectivity index (χ0) is 12.3. The van der Waals surface area contributed by atoms with Crippen molar-refractivity contribution in [2.75, 3.05) is 44.7 Å². The number of piperazine rings is 1. The predicted octanol–water partition coefficient (Wildman–Crippen LogP) is 1.50. The highest BCUT2D eigenvalue weighted by Gasteiger charge is 2.14. The zero-order valence-electron chi connectivity index (χ0n) is 10.9. The van der Waals surface area contributed by atoms with E-state index in [4.69, 9.17) is 5.73 Å². The minimum atomic E-state index is 0.455. The van der Waals surface area contributed by atoms with Crippen LogP contribution in [0.3, 0.4) is 0 Å². The SMILES string of the molecule is CC(CN)c1ccc(N2CCN(C)CC2)cc1. The Labute approximate surface area is 104 Å². The van der Waals surface area contributed by atoms with Crippen LogP contribution < -0.4 is 10.6 Å². The van der Waals surface area contributed by atoms with Crippen LogP contribution in [0.4, 0.5) is 5.69 Å². The van der Waals surface area contributed by atoms with Crippen molar-refractivity contribution in [3.8, 4) is 0 Å². The average molecular weight is 233 g/mol. The van der Waals surface area contributed by atoms with Crippen LogP contribution in [0.25, 0.3) is 0 Å². The fraction of sp³-hybridized carbons (Fsp3) is 0.571. The smallest absolute Gasteiger partial charge is 0.0367 e. The number of nitrogens with zero attached hydrogens (tertiary/aromatic N) is 2. The van der Waals surface area contributed by atoms with Crippen LogP contribution in [-0.2, 0) is 0 Å². The molecular weight excluding hydrogens is 210 g/mol. The van der Waals surface area contributed by atoms with Crippen molar-refractivity contribution in [3.05, 3.63) is 29.8 Å². The van der Waals surface area contributed by atoms with Crippen molar-refractivity contribution < 1.29 is 0 Å². The van der Waals surface area contributed by atoms with E-state index in [2.05, 4.69) is 48.0 Å². The van der Waals surface area contributed by atoms with Gasteiger partial charge in [-0.2, -0.15) is 0 Å². The summed E-state index contributed by atoms with van der Waals surface area (Å²) >= 11 is 0. The summed E-state index contributed by atoms with van der Waals surface area (Å²) in [5, 5.41) is 0. The Morgan fingerprint density at radius 3 is 2.24 bits per heavy atom. The van der Waals surface area contributed by atoms with Crippen molar-refractivity contribution in [3.63, 3.8) is 0 Å². The number of nitrogens with two attached hydrogens (primary N) is 1. The van der Waals surface area contributed by atoms with Gasteiger partial charge in [0.2, 0.25) is 0 Å².